The first-order valence-electron chi connectivity index (χ1n) is 5.10. The first kappa shape index (κ1) is 12.2. The van der Waals surface area contributed by atoms with Gasteiger partial charge in [0.25, 0.3) is 0 Å². The maximum Gasteiger partial charge on any atom is 0.194 e. The van der Waals surface area contributed by atoms with Gasteiger partial charge in [0.2, 0.25) is 0 Å². The van der Waals surface area contributed by atoms with Gasteiger partial charge in [0.1, 0.15) is 5.76 Å². The molecule has 17 heavy (non-hydrogen) atoms. The molecule has 0 aliphatic carbocycles. The van der Waals surface area contributed by atoms with E-state index in [2.05, 4.69) is 0 Å². The molecule has 0 radical (unpaired) electrons. The first-order valence-corrected chi connectivity index (χ1v) is 5.85. The second kappa shape index (κ2) is 4.94. The Morgan fingerprint density at radius 3 is 2.59 bits per heavy atom. The lowest BCUT2D eigenvalue weighted by Gasteiger charge is -2.02. The second-order valence-corrected chi connectivity index (χ2v) is 4.58. The molecule has 1 aromatic heterocycles. The Kier molecular flexibility index (Phi) is 3.55. The van der Waals surface area contributed by atoms with Gasteiger partial charge in [0.15, 0.2) is 11.5 Å². The van der Waals surface area contributed by atoms with Crippen molar-refractivity contribution in [2.24, 2.45) is 0 Å². The van der Waals surface area contributed by atoms with Crippen LogP contribution in [0.4, 0.5) is 0 Å². The van der Waals surface area contributed by atoms with Crippen LogP contribution in [-0.2, 0) is 6.42 Å². The predicted molar refractivity (Wildman–Crippen MR) is 68.0 cm³/mol. The topological polar surface area (TPSA) is 30.2 Å². The summed E-state index contributed by atoms with van der Waals surface area (Å²) < 4.78 is 5.39. The van der Waals surface area contributed by atoms with Crippen LogP contribution in [-0.4, -0.2) is 5.78 Å². The molecule has 0 spiro atoms. The summed E-state index contributed by atoms with van der Waals surface area (Å²) in [5, 5.41) is 1.20. The minimum absolute atomic E-state index is 0.0848. The van der Waals surface area contributed by atoms with Gasteiger partial charge < -0.3 is 4.42 Å². The molecule has 0 aliphatic heterocycles. The van der Waals surface area contributed by atoms with Crippen molar-refractivity contribution < 1.29 is 9.21 Å². The third-order valence-corrected chi connectivity index (χ3v) is 2.98. The highest BCUT2D eigenvalue weighted by molar-refractivity contribution is 6.35. The van der Waals surface area contributed by atoms with Gasteiger partial charge in [0.05, 0.1) is 0 Å². The lowest BCUT2D eigenvalue weighted by molar-refractivity contribution is 0.0985. The molecule has 0 saturated carbocycles. The molecule has 0 amide bonds. The lowest BCUT2D eigenvalue weighted by atomic mass is 10.1. The molecule has 4 heteroatoms. The molecule has 0 aliphatic rings. The minimum Gasteiger partial charge on any atom is -0.458 e. The van der Waals surface area contributed by atoms with Crippen molar-refractivity contribution in [3.05, 3.63) is 57.5 Å². The largest absolute Gasteiger partial charge is 0.458 e. The van der Waals surface area contributed by atoms with Crippen LogP contribution in [0.2, 0.25) is 10.0 Å². The zero-order valence-electron chi connectivity index (χ0n) is 9.17. The van der Waals surface area contributed by atoms with E-state index < -0.39 is 0 Å². The molecule has 1 aromatic carbocycles. The van der Waals surface area contributed by atoms with Crippen LogP contribution >= 0.6 is 23.2 Å². The molecule has 0 bridgehead atoms. The number of ketones is 1. The highest BCUT2D eigenvalue weighted by Crippen LogP contribution is 2.24. The Hall–Kier alpha value is -1.25. The molecule has 0 atom stereocenters. The molecule has 2 nitrogen and oxygen atoms in total. The van der Waals surface area contributed by atoms with E-state index in [1.807, 2.05) is 6.07 Å². The highest BCUT2D eigenvalue weighted by Gasteiger charge is 2.08. The van der Waals surface area contributed by atoms with Gasteiger partial charge in [-0.05, 0) is 29.8 Å². The summed E-state index contributed by atoms with van der Waals surface area (Å²) in [5.41, 5.74) is 0.917. The van der Waals surface area contributed by atoms with Crippen molar-refractivity contribution in [1.82, 2.24) is 0 Å². The van der Waals surface area contributed by atoms with Crippen LogP contribution < -0.4 is 0 Å². The predicted octanol–water partition coefficient (Wildman–Crippen LogP) is 4.38. The van der Waals surface area contributed by atoms with E-state index in [0.29, 0.717) is 28.0 Å². The van der Waals surface area contributed by atoms with Gasteiger partial charge in [-0.3, -0.25) is 4.79 Å². The summed E-state index contributed by atoms with van der Waals surface area (Å²) in [6.45, 7) is 1.47. The SMILES string of the molecule is CC(=O)c1ccc(Cc2ccc(Cl)cc2Cl)o1. The Balaban J connectivity index is 2.22. The molecule has 0 N–H and O–H groups in total. The van der Waals surface area contributed by atoms with E-state index in [1.165, 1.54) is 6.92 Å². The van der Waals surface area contributed by atoms with Crippen LogP contribution in [0.3, 0.4) is 0 Å². The summed E-state index contributed by atoms with van der Waals surface area (Å²) in [6.07, 6.45) is 0.545. The van der Waals surface area contributed by atoms with Crippen LogP contribution in [0.5, 0.6) is 0 Å². The summed E-state index contributed by atoms with van der Waals surface area (Å²) in [4.78, 5) is 11.1. The van der Waals surface area contributed by atoms with Crippen molar-refractivity contribution in [3.63, 3.8) is 0 Å². The van der Waals surface area contributed by atoms with E-state index in [-0.39, 0.29) is 5.78 Å². The normalized spacial score (nSPS) is 10.5. The van der Waals surface area contributed by atoms with E-state index in [1.54, 1.807) is 24.3 Å². The van der Waals surface area contributed by atoms with Gasteiger partial charge in [-0.2, -0.15) is 0 Å². The summed E-state index contributed by atoms with van der Waals surface area (Å²) in [7, 11) is 0. The molecule has 0 fully saturated rings. The molecule has 0 saturated heterocycles. The van der Waals surface area contributed by atoms with Gasteiger partial charge >= 0.3 is 0 Å². The van der Waals surface area contributed by atoms with E-state index in [4.69, 9.17) is 27.6 Å². The van der Waals surface area contributed by atoms with Gasteiger partial charge in [-0.25, -0.2) is 0 Å². The average molecular weight is 269 g/mol. The van der Waals surface area contributed by atoms with Crippen molar-refractivity contribution >= 4 is 29.0 Å². The molecule has 1 heterocycles. The number of rotatable bonds is 3. The number of hydrogen-bond donors (Lipinski definition) is 0. The molecular weight excluding hydrogens is 259 g/mol. The standard InChI is InChI=1S/C13H10Cl2O2/c1-8(16)13-5-4-11(17-13)6-9-2-3-10(14)7-12(9)15/h2-5,7H,6H2,1H3. The smallest absolute Gasteiger partial charge is 0.194 e. The number of Topliss-reactive ketones (excluding diaryl/α,β-unsaturated/α-hetero) is 1. The van der Waals surface area contributed by atoms with Crippen molar-refractivity contribution in [1.29, 1.82) is 0 Å². The fourth-order valence-corrected chi connectivity index (χ4v) is 1.99. The quantitative estimate of drug-likeness (QED) is 0.774. The average Bonchev–Trinajstić information content (AvgIpc) is 2.71. The summed E-state index contributed by atoms with van der Waals surface area (Å²) in [6, 6.07) is 8.76. The van der Waals surface area contributed by atoms with Gasteiger partial charge in [-0.1, -0.05) is 29.3 Å². The number of carbonyl (C=O) groups is 1. The molecular formula is C13H10Cl2O2. The van der Waals surface area contributed by atoms with Gasteiger partial charge in [0, 0.05) is 23.4 Å². The lowest BCUT2D eigenvalue weighted by Crippen LogP contribution is -1.89. The van der Waals surface area contributed by atoms with Crippen LogP contribution in [0.15, 0.2) is 34.7 Å². The van der Waals surface area contributed by atoms with Gasteiger partial charge in [-0.15, -0.1) is 0 Å². The van der Waals surface area contributed by atoms with Crippen LogP contribution in [0, 0.1) is 0 Å². The summed E-state index contributed by atoms with van der Waals surface area (Å²) in [5.74, 6) is 0.989. The third kappa shape index (κ3) is 2.90. The third-order valence-electron chi connectivity index (χ3n) is 2.39. The minimum atomic E-state index is -0.0848. The Morgan fingerprint density at radius 1 is 1.24 bits per heavy atom. The van der Waals surface area contributed by atoms with Crippen molar-refractivity contribution in [2.45, 2.75) is 13.3 Å². The van der Waals surface area contributed by atoms with Crippen LogP contribution in [0.25, 0.3) is 0 Å². The molecule has 2 rings (SSSR count). The summed E-state index contributed by atoms with van der Waals surface area (Å²) >= 11 is 11.9. The Morgan fingerprint density at radius 2 is 2.00 bits per heavy atom. The fraction of sp³-hybridized carbons (Fsp3) is 0.154. The number of halogens is 2. The molecule has 88 valence electrons. The zero-order chi connectivity index (χ0) is 12.4. The van der Waals surface area contributed by atoms with E-state index in [0.717, 1.165) is 5.56 Å². The van der Waals surface area contributed by atoms with E-state index >= 15 is 0 Å². The van der Waals surface area contributed by atoms with Crippen molar-refractivity contribution in [3.8, 4) is 0 Å². The first-order chi connectivity index (χ1) is 8.06. The molecule has 0 unspecified atom stereocenters. The fourth-order valence-electron chi connectivity index (χ4n) is 1.51. The Bertz CT molecular complexity index is 558. The number of carbonyl (C=O) groups excluding carboxylic acids is 1. The number of hydrogen-bond acceptors (Lipinski definition) is 2. The number of furan rings is 1. The highest BCUT2D eigenvalue weighted by atomic mass is 35.5. The monoisotopic (exact) mass is 268 g/mol. The maximum atomic E-state index is 11.1. The number of benzene rings is 1. The zero-order valence-corrected chi connectivity index (χ0v) is 10.7. The maximum absolute atomic E-state index is 11.1. The Labute approximate surface area is 109 Å². The van der Waals surface area contributed by atoms with Crippen LogP contribution in [0.1, 0.15) is 28.8 Å². The molecule has 2 aromatic rings. The second-order valence-electron chi connectivity index (χ2n) is 3.73. The van der Waals surface area contributed by atoms with Crippen molar-refractivity contribution in [2.75, 3.05) is 0 Å². The van der Waals surface area contributed by atoms with E-state index in [9.17, 15) is 4.79 Å².